The molecule has 3 aromatic carbocycles. The lowest BCUT2D eigenvalue weighted by Crippen LogP contribution is -2.19. The molecule has 0 saturated carbocycles. The second kappa shape index (κ2) is 12.8. The maximum Gasteiger partial charge on any atom is 0.0464 e. The number of nitrogens with zero attached hydrogens (tertiary/aromatic N) is 2. The summed E-state index contributed by atoms with van der Waals surface area (Å²) >= 11 is 0. The molecule has 0 saturated heterocycles. The Bertz CT molecular complexity index is 1330. The van der Waals surface area contributed by atoms with Gasteiger partial charge in [0.1, 0.15) is 0 Å². The van der Waals surface area contributed by atoms with E-state index in [1.807, 2.05) is 24.3 Å². The van der Waals surface area contributed by atoms with Crippen LogP contribution < -0.4 is 9.80 Å². The van der Waals surface area contributed by atoms with Crippen molar-refractivity contribution in [2.45, 2.75) is 27.7 Å². The number of anilines is 4. The third-order valence-electron chi connectivity index (χ3n) is 5.69. The molecule has 3 rings (SSSR count). The topological polar surface area (TPSA) is 6.48 Å². The van der Waals surface area contributed by atoms with Crippen LogP contribution >= 0.6 is 0 Å². The van der Waals surface area contributed by atoms with Gasteiger partial charge in [0.25, 0.3) is 0 Å². The maximum absolute atomic E-state index is 5.40. The summed E-state index contributed by atoms with van der Waals surface area (Å²) in [4.78, 5) is 4.50. The number of terminal acetylenes is 1. The Morgan fingerprint density at radius 1 is 0.778 bits per heavy atom. The Balaban J connectivity index is 2.08. The number of benzene rings is 3. The van der Waals surface area contributed by atoms with Gasteiger partial charge in [0.2, 0.25) is 0 Å². The number of hydrogen-bond donors (Lipinski definition) is 0. The summed E-state index contributed by atoms with van der Waals surface area (Å²) in [6.45, 7) is 12.2. The zero-order valence-electron chi connectivity index (χ0n) is 21.6. The van der Waals surface area contributed by atoms with Gasteiger partial charge in [0.05, 0.1) is 0 Å². The van der Waals surface area contributed by atoms with Crippen molar-refractivity contribution in [1.29, 1.82) is 0 Å². The molecule has 0 radical (unpaired) electrons. The van der Waals surface area contributed by atoms with Gasteiger partial charge in [-0.25, -0.2) is 0 Å². The minimum atomic E-state index is 1.06. The van der Waals surface area contributed by atoms with Crippen molar-refractivity contribution in [3.63, 3.8) is 0 Å². The van der Waals surface area contributed by atoms with E-state index in [0.29, 0.717) is 0 Å². The van der Waals surface area contributed by atoms with Gasteiger partial charge in [0.15, 0.2) is 0 Å². The molecule has 2 nitrogen and oxygen atoms in total. The summed E-state index contributed by atoms with van der Waals surface area (Å²) in [5.74, 6) is 2.55. The summed E-state index contributed by atoms with van der Waals surface area (Å²) in [6.07, 6.45) is 17.0. The van der Waals surface area contributed by atoms with E-state index in [1.54, 1.807) is 12.2 Å². The van der Waals surface area contributed by atoms with E-state index >= 15 is 0 Å². The molecule has 0 bridgehead atoms. The lowest BCUT2D eigenvalue weighted by atomic mass is 10.1. The molecule has 180 valence electrons. The molecule has 0 fully saturated rings. The number of hydrogen-bond acceptors (Lipinski definition) is 2. The standard InChI is InChI=1S/C34H34N2/c1-7-9-11-17-29(5)35(30(6)25-27(3)15-8-2)32-21-23-33(24-22-32)36(31-18-12-10-13-19-31)34-20-14-16-28(4)26-34/h1,8-26H,2H2,3-6H3/b11-9-,27-15-,29-17+,30-25+. The third-order valence-corrected chi connectivity index (χ3v) is 5.69. The van der Waals surface area contributed by atoms with Crippen molar-refractivity contribution < 1.29 is 0 Å². The largest absolute Gasteiger partial charge is 0.319 e. The minimum Gasteiger partial charge on any atom is -0.319 e. The second-order valence-corrected chi connectivity index (χ2v) is 8.63. The van der Waals surface area contributed by atoms with E-state index in [2.05, 4.69) is 129 Å². The van der Waals surface area contributed by atoms with Crippen molar-refractivity contribution in [2.24, 2.45) is 0 Å². The predicted octanol–water partition coefficient (Wildman–Crippen LogP) is 9.40. The van der Waals surface area contributed by atoms with Crippen LogP contribution in [-0.4, -0.2) is 0 Å². The molecule has 0 spiro atoms. The Morgan fingerprint density at radius 3 is 2.06 bits per heavy atom. The van der Waals surface area contributed by atoms with Gasteiger partial charge in [-0.1, -0.05) is 61.1 Å². The minimum absolute atomic E-state index is 1.06. The fraction of sp³-hybridized carbons (Fsp3) is 0.118. The van der Waals surface area contributed by atoms with Gasteiger partial charge in [0, 0.05) is 34.1 Å². The van der Waals surface area contributed by atoms with Crippen LogP contribution in [0.25, 0.3) is 0 Å². The van der Waals surface area contributed by atoms with E-state index in [4.69, 9.17) is 6.42 Å². The number of rotatable bonds is 9. The highest BCUT2D eigenvalue weighted by Gasteiger charge is 2.15. The molecule has 0 aromatic heterocycles. The van der Waals surface area contributed by atoms with Crippen molar-refractivity contribution in [3.05, 3.63) is 144 Å². The Kier molecular flexibility index (Phi) is 9.32. The van der Waals surface area contributed by atoms with Gasteiger partial charge in [-0.3, -0.25) is 0 Å². The number of allylic oxidation sites excluding steroid dienone is 9. The fourth-order valence-electron chi connectivity index (χ4n) is 4.17. The first-order chi connectivity index (χ1) is 17.4. The molecule has 0 atom stereocenters. The van der Waals surface area contributed by atoms with Crippen molar-refractivity contribution >= 4 is 22.7 Å². The Hall–Kier alpha value is -4.48. The normalized spacial score (nSPS) is 12.4. The highest BCUT2D eigenvalue weighted by molar-refractivity contribution is 5.78. The summed E-state index contributed by atoms with van der Waals surface area (Å²) in [6, 6.07) is 27.7. The van der Waals surface area contributed by atoms with E-state index in [-0.39, 0.29) is 0 Å². The van der Waals surface area contributed by atoms with E-state index in [1.165, 1.54) is 5.56 Å². The van der Waals surface area contributed by atoms with Crippen molar-refractivity contribution in [1.82, 2.24) is 0 Å². The molecule has 36 heavy (non-hydrogen) atoms. The van der Waals surface area contributed by atoms with E-state index in [9.17, 15) is 0 Å². The van der Waals surface area contributed by atoms with Crippen LogP contribution in [0.1, 0.15) is 26.3 Å². The molecular weight excluding hydrogens is 436 g/mol. The molecule has 0 aliphatic heterocycles. The van der Waals surface area contributed by atoms with Crippen LogP contribution in [-0.2, 0) is 0 Å². The quantitative estimate of drug-likeness (QED) is 0.227. The van der Waals surface area contributed by atoms with Gasteiger partial charge in [-0.05, 0) is 106 Å². The average Bonchev–Trinajstić information content (AvgIpc) is 2.86. The molecule has 3 aromatic rings. The highest BCUT2D eigenvalue weighted by atomic mass is 15.2. The SMILES string of the molecule is C#C/C=C\C=C(/C)N(/C(C)=C/C(C)=C\C=C)c1ccc(N(c2ccccc2)c2cccc(C)c2)cc1. The lowest BCUT2D eigenvalue weighted by molar-refractivity contribution is 1.06. The summed E-state index contributed by atoms with van der Waals surface area (Å²) in [7, 11) is 0. The monoisotopic (exact) mass is 470 g/mol. The van der Waals surface area contributed by atoms with Crippen LogP contribution in [0.2, 0.25) is 0 Å². The molecule has 0 unspecified atom stereocenters. The van der Waals surface area contributed by atoms with Crippen molar-refractivity contribution in [2.75, 3.05) is 9.80 Å². The van der Waals surface area contributed by atoms with Gasteiger partial charge in [-0.15, -0.1) is 6.42 Å². The molecule has 0 heterocycles. The molecule has 0 aliphatic carbocycles. The highest BCUT2D eigenvalue weighted by Crippen LogP contribution is 2.36. The number of aryl methyl sites for hydroxylation is 1. The molecular formula is C34H34N2. The Morgan fingerprint density at radius 2 is 1.42 bits per heavy atom. The van der Waals surface area contributed by atoms with Crippen LogP contribution in [0.4, 0.5) is 22.7 Å². The summed E-state index contributed by atoms with van der Waals surface area (Å²) < 4.78 is 0. The molecule has 2 heteroatoms. The predicted molar refractivity (Wildman–Crippen MR) is 158 cm³/mol. The summed E-state index contributed by atoms with van der Waals surface area (Å²) in [5.41, 5.74) is 8.92. The van der Waals surface area contributed by atoms with Crippen LogP contribution in [0.5, 0.6) is 0 Å². The third kappa shape index (κ3) is 6.78. The van der Waals surface area contributed by atoms with Crippen molar-refractivity contribution in [3.8, 4) is 12.3 Å². The molecule has 0 aliphatic rings. The van der Waals surface area contributed by atoms with E-state index in [0.717, 1.165) is 39.7 Å². The van der Waals surface area contributed by atoms with Gasteiger partial charge in [-0.2, -0.15) is 0 Å². The Labute approximate surface area is 216 Å². The maximum atomic E-state index is 5.40. The first-order valence-corrected chi connectivity index (χ1v) is 12.0. The number of para-hydroxylation sites is 1. The lowest BCUT2D eigenvalue weighted by Gasteiger charge is -2.29. The fourth-order valence-corrected chi connectivity index (χ4v) is 4.17. The molecule has 0 N–H and O–H groups in total. The zero-order valence-corrected chi connectivity index (χ0v) is 21.6. The van der Waals surface area contributed by atoms with E-state index < -0.39 is 0 Å². The van der Waals surface area contributed by atoms with Gasteiger partial charge < -0.3 is 9.80 Å². The average molecular weight is 471 g/mol. The smallest absolute Gasteiger partial charge is 0.0464 e. The van der Waals surface area contributed by atoms with Crippen LogP contribution in [0, 0.1) is 19.3 Å². The zero-order chi connectivity index (χ0) is 25.9. The van der Waals surface area contributed by atoms with Gasteiger partial charge >= 0.3 is 0 Å². The second-order valence-electron chi connectivity index (χ2n) is 8.63. The molecule has 0 amide bonds. The first kappa shape index (κ1) is 26.1. The van der Waals surface area contributed by atoms with Crippen LogP contribution in [0.3, 0.4) is 0 Å². The first-order valence-electron chi connectivity index (χ1n) is 12.0. The summed E-state index contributed by atoms with van der Waals surface area (Å²) in [5, 5.41) is 0. The van der Waals surface area contributed by atoms with Crippen LogP contribution in [0.15, 0.2) is 139 Å².